The summed E-state index contributed by atoms with van der Waals surface area (Å²) in [4.78, 5) is 15.9. The van der Waals surface area contributed by atoms with Crippen LogP contribution in [0.1, 0.15) is 55.8 Å². The summed E-state index contributed by atoms with van der Waals surface area (Å²) in [7, 11) is 0. The molecule has 3 aromatic carbocycles. The van der Waals surface area contributed by atoms with Gasteiger partial charge in [-0.05, 0) is 60.3 Å². The zero-order chi connectivity index (χ0) is 28.7. The summed E-state index contributed by atoms with van der Waals surface area (Å²) >= 11 is 1.54. The standard InChI is InChI=1S/C32H33F3N2O2S/c1-22-29(30(19-36)31(38)39)18-27(40-22)21-37(20-23-12-14-26(15-13-23)32(33,34)35)17-16-28(24-8-4-2-5-9-24)25-10-6-3-7-11-25/h2-15,18,28,30H,16-17,19-21,36H2,1H3,(H,38,39). The highest BCUT2D eigenvalue weighted by atomic mass is 32.1. The second kappa shape index (κ2) is 13.3. The van der Waals surface area contributed by atoms with Gasteiger partial charge < -0.3 is 10.8 Å². The van der Waals surface area contributed by atoms with Crippen LogP contribution >= 0.6 is 11.3 Å². The number of benzene rings is 3. The van der Waals surface area contributed by atoms with Gasteiger partial charge in [-0.15, -0.1) is 11.3 Å². The number of alkyl halides is 3. The molecule has 40 heavy (non-hydrogen) atoms. The van der Waals surface area contributed by atoms with Crippen LogP contribution in [0.15, 0.2) is 91.0 Å². The number of hydrogen-bond donors (Lipinski definition) is 2. The zero-order valence-corrected chi connectivity index (χ0v) is 23.1. The maximum Gasteiger partial charge on any atom is 0.416 e. The van der Waals surface area contributed by atoms with Gasteiger partial charge in [0.15, 0.2) is 0 Å². The lowest BCUT2D eigenvalue weighted by molar-refractivity contribution is -0.139. The van der Waals surface area contributed by atoms with Crippen molar-refractivity contribution in [2.24, 2.45) is 5.73 Å². The van der Waals surface area contributed by atoms with Crippen LogP contribution in [-0.2, 0) is 24.1 Å². The second-order valence-corrected chi connectivity index (χ2v) is 11.3. The molecule has 4 aromatic rings. The second-order valence-electron chi connectivity index (χ2n) is 9.92. The Morgan fingerprint density at radius 2 is 1.50 bits per heavy atom. The van der Waals surface area contributed by atoms with E-state index < -0.39 is 23.6 Å². The molecular weight excluding hydrogens is 533 g/mol. The van der Waals surface area contributed by atoms with Crippen molar-refractivity contribution in [2.75, 3.05) is 13.1 Å². The Morgan fingerprint density at radius 1 is 0.925 bits per heavy atom. The van der Waals surface area contributed by atoms with E-state index in [9.17, 15) is 23.1 Å². The van der Waals surface area contributed by atoms with Gasteiger partial charge in [-0.25, -0.2) is 0 Å². The molecule has 0 fully saturated rings. The monoisotopic (exact) mass is 566 g/mol. The number of aryl methyl sites for hydroxylation is 1. The Kier molecular flexibility index (Phi) is 9.79. The summed E-state index contributed by atoms with van der Waals surface area (Å²) < 4.78 is 39.4. The van der Waals surface area contributed by atoms with Gasteiger partial charge in [-0.1, -0.05) is 72.8 Å². The summed E-state index contributed by atoms with van der Waals surface area (Å²) in [6, 6.07) is 27.8. The lowest BCUT2D eigenvalue weighted by Crippen LogP contribution is -2.25. The van der Waals surface area contributed by atoms with Crippen molar-refractivity contribution in [3.63, 3.8) is 0 Å². The fraction of sp³-hybridized carbons (Fsp3) is 0.281. The lowest BCUT2D eigenvalue weighted by atomic mass is 9.88. The number of aliphatic carboxylic acids is 1. The molecule has 0 amide bonds. The third kappa shape index (κ3) is 7.59. The molecule has 1 unspecified atom stereocenters. The van der Waals surface area contributed by atoms with E-state index in [1.807, 2.05) is 49.4 Å². The summed E-state index contributed by atoms with van der Waals surface area (Å²) in [5, 5.41) is 9.61. The number of thiophene rings is 1. The fourth-order valence-electron chi connectivity index (χ4n) is 5.04. The maximum absolute atomic E-state index is 13.1. The molecule has 1 atom stereocenters. The van der Waals surface area contributed by atoms with Gasteiger partial charge in [-0.2, -0.15) is 13.2 Å². The van der Waals surface area contributed by atoms with E-state index in [0.717, 1.165) is 39.4 Å². The zero-order valence-electron chi connectivity index (χ0n) is 22.3. The number of nitrogens with two attached hydrogens (primary N) is 1. The number of carboxylic acids is 1. The summed E-state index contributed by atoms with van der Waals surface area (Å²) in [5.41, 5.74) is 8.98. The fourth-order valence-corrected chi connectivity index (χ4v) is 6.19. The van der Waals surface area contributed by atoms with Gasteiger partial charge in [0.05, 0.1) is 11.5 Å². The molecule has 1 heterocycles. The van der Waals surface area contributed by atoms with Crippen molar-refractivity contribution >= 4 is 17.3 Å². The molecule has 0 aliphatic carbocycles. The van der Waals surface area contributed by atoms with Gasteiger partial charge in [0, 0.05) is 35.3 Å². The van der Waals surface area contributed by atoms with Crippen molar-refractivity contribution in [1.82, 2.24) is 4.90 Å². The highest BCUT2D eigenvalue weighted by Crippen LogP contribution is 2.32. The van der Waals surface area contributed by atoms with E-state index in [1.165, 1.54) is 34.6 Å². The van der Waals surface area contributed by atoms with Crippen molar-refractivity contribution < 1.29 is 23.1 Å². The minimum Gasteiger partial charge on any atom is -0.481 e. The van der Waals surface area contributed by atoms with Crippen LogP contribution in [0.4, 0.5) is 13.2 Å². The van der Waals surface area contributed by atoms with Crippen LogP contribution in [0.25, 0.3) is 0 Å². The molecule has 210 valence electrons. The molecule has 0 saturated carbocycles. The van der Waals surface area contributed by atoms with Gasteiger partial charge in [0.2, 0.25) is 0 Å². The average Bonchev–Trinajstić information content (AvgIpc) is 3.29. The van der Waals surface area contributed by atoms with Crippen LogP contribution in [0.3, 0.4) is 0 Å². The van der Waals surface area contributed by atoms with E-state index in [4.69, 9.17) is 5.73 Å². The molecule has 0 bridgehead atoms. The predicted molar refractivity (Wildman–Crippen MR) is 153 cm³/mol. The minimum atomic E-state index is -4.38. The molecule has 4 rings (SSSR count). The van der Waals surface area contributed by atoms with E-state index in [-0.39, 0.29) is 12.5 Å². The molecule has 8 heteroatoms. The first-order valence-electron chi connectivity index (χ1n) is 13.2. The Bertz CT molecular complexity index is 1330. The van der Waals surface area contributed by atoms with E-state index in [2.05, 4.69) is 29.2 Å². The summed E-state index contributed by atoms with van der Waals surface area (Å²) in [6.07, 6.45) is -3.59. The first-order chi connectivity index (χ1) is 19.2. The van der Waals surface area contributed by atoms with E-state index >= 15 is 0 Å². The number of halogens is 3. The van der Waals surface area contributed by atoms with Crippen LogP contribution in [0.5, 0.6) is 0 Å². The maximum atomic E-state index is 13.1. The number of hydrogen-bond acceptors (Lipinski definition) is 4. The summed E-state index contributed by atoms with van der Waals surface area (Å²) in [6.45, 7) is 3.59. The molecule has 0 spiro atoms. The van der Waals surface area contributed by atoms with Gasteiger partial charge >= 0.3 is 12.1 Å². The highest BCUT2D eigenvalue weighted by Gasteiger charge is 2.30. The predicted octanol–water partition coefficient (Wildman–Crippen LogP) is 7.43. The van der Waals surface area contributed by atoms with E-state index in [1.54, 1.807) is 0 Å². The van der Waals surface area contributed by atoms with Crippen molar-refractivity contribution in [3.05, 3.63) is 129 Å². The Balaban J connectivity index is 1.60. The van der Waals surface area contributed by atoms with Gasteiger partial charge in [-0.3, -0.25) is 9.69 Å². The number of carboxylic acid groups (broad SMARTS) is 1. The molecule has 4 nitrogen and oxygen atoms in total. The SMILES string of the molecule is Cc1sc(CN(CCC(c2ccccc2)c2ccccc2)Cc2ccc(C(F)(F)F)cc2)cc1C(CN)C(=O)O. The van der Waals surface area contributed by atoms with Crippen LogP contribution < -0.4 is 5.73 Å². The van der Waals surface area contributed by atoms with Crippen molar-refractivity contribution in [3.8, 4) is 0 Å². The number of rotatable bonds is 12. The first kappa shape index (κ1) is 29.5. The topological polar surface area (TPSA) is 66.6 Å². The number of carbonyl (C=O) groups is 1. The van der Waals surface area contributed by atoms with E-state index in [0.29, 0.717) is 19.6 Å². The molecule has 1 aromatic heterocycles. The van der Waals surface area contributed by atoms with Crippen LogP contribution in [0.2, 0.25) is 0 Å². The molecule has 0 saturated heterocycles. The smallest absolute Gasteiger partial charge is 0.416 e. The summed E-state index contributed by atoms with van der Waals surface area (Å²) in [5.74, 6) is -1.58. The molecule has 3 N–H and O–H groups in total. The molecule has 0 aliphatic heterocycles. The third-order valence-corrected chi connectivity index (χ3v) is 8.17. The van der Waals surface area contributed by atoms with Crippen LogP contribution in [0, 0.1) is 6.92 Å². The van der Waals surface area contributed by atoms with Crippen LogP contribution in [-0.4, -0.2) is 29.1 Å². The number of nitrogens with zero attached hydrogens (tertiary/aromatic N) is 1. The third-order valence-electron chi connectivity index (χ3n) is 7.12. The minimum absolute atomic E-state index is 0.0114. The first-order valence-corrected chi connectivity index (χ1v) is 14.0. The Labute approximate surface area is 236 Å². The van der Waals surface area contributed by atoms with Gasteiger partial charge in [0.1, 0.15) is 0 Å². The Morgan fingerprint density at radius 3 is 2.00 bits per heavy atom. The van der Waals surface area contributed by atoms with Gasteiger partial charge in [0.25, 0.3) is 0 Å². The quantitative estimate of drug-likeness (QED) is 0.187. The van der Waals surface area contributed by atoms with Crippen molar-refractivity contribution in [2.45, 2.75) is 44.4 Å². The largest absolute Gasteiger partial charge is 0.481 e. The normalized spacial score (nSPS) is 12.7. The Hall–Kier alpha value is -3.46. The lowest BCUT2D eigenvalue weighted by Gasteiger charge is -2.26. The average molecular weight is 567 g/mol. The highest BCUT2D eigenvalue weighted by molar-refractivity contribution is 7.12. The molecule has 0 aliphatic rings. The molecule has 0 radical (unpaired) electrons. The van der Waals surface area contributed by atoms with Crippen molar-refractivity contribution in [1.29, 1.82) is 0 Å². The molecular formula is C32H33F3N2O2S.